The number of nitrogens with zero attached hydrogens (tertiary/aromatic N) is 4. The van der Waals surface area contributed by atoms with Crippen molar-refractivity contribution in [3.8, 4) is 5.88 Å². The van der Waals surface area contributed by atoms with E-state index in [1.165, 1.54) is 15.9 Å². The minimum Gasteiger partial charge on any atom is -0.492 e. The zero-order chi connectivity index (χ0) is 16.7. The maximum absolute atomic E-state index is 10.7. The number of ether oxygens (including phenoxy) is 1. The van der Waals surface area contributed by atoms with Crippen LogP contribution in [0.1, 0.15) is 22.3 Å². The lowest BCUT2D eigenvalue weighted by atomic mass is 10.0. The number of morpholine rings is 1. The number of hydrogen-bond acceptors (Lipinski definition) is 6. The highest BCUT2D eigenvalue weighted by Gasteiger charge is 2.31. The lowest BCUT2D eigenvalue weighted by Gasteiger charge is -2.34. The molecule has 126 valence electrons. The Kier molecular flexibility index (Phi) is 4.17. The molecular weight excluding hydrogens is 348 g/mol. The number of aromatic nitrogens is 3. The molecule has 0 radical (unpaired) electrons. The van der Waals surface area contributed by atoms with Gasteiger partial charge in [-0.2, -0.15) is 4.52 Å². The van der Waals surface area contributed by atoms with Gasteiger partial charge in [-0.15, -0.1) is 5.10 Å². The summed E-state index contributed by atoms with van der Waals surface area (Å²) in [4.78, 5) is 8.14. The maximum atomic E-state index is 10.7. The second kappa shape index (κ2) is 6.33. The van der Waals surface area contributed by atoms with Gasteiger partial charge in [0, 0.05) is 18.1 Å². The summed E-state index contributed by atoms with van der Waals surface area (Å²) in [6, 6.07) is 7.61. The molecule has 1 aliphatic rings. The molecule has 1 aromatic carbocycles. The van der Waals surface area contributed by atoms with Gasteiger partial charge in [-0.1, -0.05) is 41.1 Å². The molecule has 0 saturated carbocycles. The second-order valence-corrected chi connectivity index (χ2v) is 7.13. The van der Waals surface area contributed by atoms with Crippen LogP contribution in [-0.4, -0.2) is 50.9 Å². The van der Waals surface area contributed by atoms with Crippen molar-refractivity contribution in [3.05, 3.63) is 45.6 Å². The van der Waals surface area contributed by atoms with Gasteiger partial charge in [-0.05, 0) is 18.6 Å². The van der Waals surface area contributed by atoms with Gasteiger partial charge in [0.1, 0.15) is 5.82 Å². The van der Waals surface area contributed by atoms with Gasteiger partial charge in [-0.3, -0.25) is 4.90 Å². The highest BCUT2D eigenvalue weighted by Crippen LogP contribution is 2.42. The van der Waals surface area contributed by atoms with E-state index in [4.69, 9.17) is 16.3 Å². The first-order chi connectivity index (χ1) is 11.6. The molecule has 24 heavy (non-hydrogen) atoms. The quantitative estimate of drug-likeness (QED) is 0.774. The van der Waals surface area contributed by atoms with Crippen molar-refractivity contribution < 1.29 is 9.84 Å². The van der Waals surface area contributed by atoms with E-state index in [0.29, 0.717) is 29.0 Å². The molecule has 1 atom stereocenters. The van der Waals surface area contributed by atoms with Gasteiger partial charge in [0.05, 0.1) is 24.1 Å². The van der Waals surface area contributed by atoms with Crippen molar-refractivity contribution in [2.24, 2.45) is 0 Å². The number of halogens is 1. The first-order valence-electron chi connectivity index (χ1n) is 7.76. The molecule has 1 fully saturated rings. The molecule has 8 heteroatoms. The third-order valence-electron chi connectivity index (χ3n) is 4.16. The molecule has 1 N–H and O–H groups in total. The van der Waals surface area contributed by atoms with E-state index >= 15 is 0 Å². The summed E-state index contributed by atoms with van der Waals surface area (Å²) in [5.74, 6) is 0.774. The van der Waals surface area contributed by atoms with Crippen LogP contribution >= 0.6 is 22.9 Å². The topological polar surface area (TPSA) is 62.9 Å². The summed E-state index contributed by atoms with van der Waals surface area (Å²) in [6.07, 6.45) is 0. The van der Waals surface area contributed by atoms with Crippen molar-refractivity contribution in [2.45, 2.75) is 13.0 Å². The zero-order valence-corrected chi connectivity index (χ0v) is 14.7. The van der Waals surface area contributed by atoms with E-state index in [9.17, 15) is 5.11 Å². The van der Waals surface area contributed by atoms with E-state index in [-0.39, 0.29) is 11.9 Å². The van der Waals surface area contributed by atoms with Crippen LogP contribution in [0.4, 0.5) is 0 Å². The molecule has 2 aromatic heterocycles. The summed E-state index contributed by atoms with van der Waals surface area (Å²) >= 11 is 7.91. The first kappa shape index (κ1) is 15.8. The van der Waals surface area contributed by atoms with E-state index < -0.39 is 0 Å². The predicted octanol–water partition coefficient (Wildman–Crippen LogP) is 2.88. The Morgan fingerprint density at radius 3 is 2.75 bits per heavy atom. The molecule has 4 rings (SSSR count). The van der Waals surface area contributed by atoms with Crippen LogP contribution < -0.4 is 0 Å². The van der Waals surface area contributed by atoms with Crippen molar-refractivity contribution in [1.29, 1.82) is 0 Å². The van der Waals surface area contributed by atoms with Crippen molar-refractivity contribution in [3.63, 3.8) is 0 Å². The second-order valence-electron chi connectivity index (χ2n) is 5.72. The summed E-state index contributed by atoms with van der Waals surface area (Å²) < 4.78 is 6.98. The molecule has 3 aromatic rings. The number of fused-ring (bicyclic) bond motifs is 1. The predicted molar refractivity (Wildman–Crippen MR) is 93.0 cm³/mol. The Balaban J connectivity index is 1.86. The maximum Gasteiger partial charge on any atom is 0.230 e. The van der Waals surface area contributed by atoms with Crippen molar-refractivity contribution in [2.75, 3.05) is 26.3 Å². The number of aryl methyl sites for hydroxylation is 1. The van der Waals surface area contributed by atoms with Crippen molar-refractivity contribution in [1.82, 2.24) is 19.5 Å². The number of rotatable bonds is 3. The van der Waals surface area contributed by atoms with Gasteiger partial charge in [0.25, 0.3) is 0 Å². The number of aromatic hydroxyl groups is 1. The Bertz CT molecular complexity index is 872. The monoisotopic (exact) mass is 364 g/mol. The fraction of sp³-hybridized carbons (Fsp3) is 0.375. The van der Waals surface area contributed by atoms with Crippen LogP contribution in [0.3, 0.4) is 0 Å². The lowest BCUT2D eigenvalue weighted by Crippen LogP contribution is -2.39. The minimum absolute atomic E-state index is 0.131. The van der Waals surface area contributed by atoms with Crippen LogP contribution in [0.15, 0.2) is 24.3 Å². The third-order valence-corrected chi connectivity index (χ3v) is 5.58. The molecule has 0 aliphatic carbocycles. The van der Waals surface area contributed by atoms with Crippen molar-refractivity contribution >= 4 is 27.9 Å². The molecule has 1 saturated heterocycles. The normalized spacial score (nSPS) is 17.4. The summed E-state index contributed by atoms with van der Waals surface area (Å²) in [5.41, 5.74) is 0.970. The minimum atomic E-state index is -0.142. The van der Waals surface area contributed by atoms with Gasteiger partial charge in [-0.25, -0.2) is 4.98 Å². The molecule has 6 nitrogen and oxygen atoms in total. The SMILES string of the molecule is Cc1nc2sc(C(c3ccccc3Cl)N3CCOCC3)c(O)n2n1. The Labute approximate surface area is 148 Å². The highest BCUT2D eigenvalue weighted by molar-refractivity contribution is 7.17. The van der Waals surface area contributed by atoms with E-state index in [2.05, 4.69) is 15.0 Å². The third kappa shape index (κ3) is 2.67. The average Bonchev–Trinajstić information content (AvgIpc) is 3.09. The van der Waals surface area contributed by atoms with E-state index in [0.717, 1.165) is 23.5 Å². The molecule has 0 amide bonds. The van der Waals surface area contributed by atoms with Crippen LogP contribution in [0.2, 0.25) is 5.02 Å². The van der Waals surface area contributed by atoms with Crippen LogP contribution in [0.5, 0.6) is 5.88 Å². The lowest BCUT2D eigenvalue weighted by molar-refractivity contribution is 0.0241. The Morgan fingerprint density at radius 2 is 2.04 bits per heavy atom. The van der Waals surface area contributed by atoms with E-state index in [1.807, 2.05) is 31.2 Å². The van der Waals surface area contributed by atoms with Crippen LogP contribution in [0.25, 0.3) is 4.96 Å². The molecule has 3 heterocycles. The molecular formula is C16H17ClN4O2S. The van der Waals surface area contributed by atoms with Gasteiger partial charge >= 0.3 is 0 Å². The van der Waals surface area contributed by atoms with Gasteiger partial charge < -0.3 is 9.84 Å². The largest absolute Gasteiger partial charge is 0.492 e. The molecule has 1 unspecified atom stereocenters. The molecule has 0 bridgehead atoms. The fourth-order valence-electron chi connectivity index (χ4n) is 3.06. The number of hydrogen-bond donors (Lipinski definition) is 1. The summed E-state index contributed by atoms with van der Waals surface area (Å²) in [6.45, 7) is 4.71. The fourth-order valence-corrected chi connectivity index (χ4v) is 4.46. The van der Waals surface area contributed by atoms with Gasteiger partial charge in [0.15, 0.2) is 0 Å². The average molecular weight is 365 g/mol. The Hall–Kier alpha value is -1.67. The van der Waals surface area contributed by atoms with Crippen LogP contribution in [0, 0.1) is 6.92 Å². The van der Waals surface area contributed by atoms with Gasteiger partial charge in [0.2, 0.25) is 10.8 Å². The number of benzene rings is 1. The highest BCUT2D eigenvalue weighted by atomic mass is 35.5. The Morgan fingerprint density at radius 1 is 1.29 bits per heavy atom. The smallest absolute Gasteiger partial charge is 0.230 e. The van der Waals surface area contributed by atoms with E-state index in [1.54, 1.807) is 0 Å². The zero-order valence-electron chi connectivity index (χ0n) is 13.1. The molecule has 1 aliphatic heterocycles. The first-order valence-corrected chi connectivity index (χ1v) is 8.96. The van der Waals surface area contributed by atoms with Crippen LogP contribution in [-0.2, 0) is 4.74 Å². The summed E-state index contributed by atoms with van der Waals surface area (Å²) in [7, 11) is 0. The number of thiazole rings is 1. The molecule has 0 spiro atoms. The summed E-state index contributed by atoms with van der Waals surface area (Å²) in [5, 5.41) is 15.7. The standard InChI is InChI=1S/C16H17ClN4O2S/c1-10-18-16-21(19-10)15(22)14(24-16)13(20-6-8-23-9-7-20)11-4-2-3-5-12(11)17/h2-5,13,22H,6-9H2,1H3.